The standard InChI is InChI=1S/C16H23NO3/c1-16(2)17(3)14(12-20-16)9-10-15(18)19-11-13-7-5-4-6-8-13/h4-8,14H,9-12H2,1-3H3/t14-/m0/s1. The van der Waals surface area contributed by atoms with Crippen LogP contribution in [-0.2, 0) is 20.9 Å². The van der Waals surface area contributed by atoms with Crippen molar-refractivity contribution < 1.29 is 14.3 Å². The highest BCUT2D eigenvalue weighted by atomic mass is 16.5. The van der Waals surface area contributed by atoms with Gasteiger partial charge in [0.1, 0.15) is 12.3 Å². The van der Waals surface area contributed by atoms with E-state index in [2.05, 4.69) is 4.90 Å². The van der Waals surface area contributed by atoms with Gasteiger partial charge in [-0.15, -0.1) is 0 Å². The van der Waals surface area contributed by atoms with Crippen molar-refractivity contribution in [3.05, 3.63) is 35.9 Å². The summed E-state index contributed by atoms with van der Waals surface area (Å²) in [6.45, 7) is 5.11. The zero-order valence-electron chi connectivity index (χ0n) is 12.5. The Bertz CT molecular complexity index is 444. The fourth-order valence-electron chi connectivity index (χ4n) is 2.33. The minimum absolute atomic E-state index is 0.146. The lowest BCUT2D eigenvalue weighted by Gasteiger charge is -2.29. The van der Waals surface area contributed by atoms with Crippen LogP contribution in [0.2, 0.25) is 0 Å². The van der Waals surface area contributed by atoms with Crippen LogP contribution in [0.25, 0.3) is 0 Å². The van der Waals surface area contributed by atoms with Crippen LogP contribution in [0, 0.1) is 0 Å². The highest BCUT2D eigenvalue weighted by molar-refractivity contribution is 5.69. The van der Waals surface area contributed by atoms with E-state index in [0.717, 1.165) is 12.0 Å². The summed E-state index contributed by atoms with van der Waals surface area (Å²) in [6.07, 6.45) is 1.20. The fourth-order valence-corrected chi connectivity index (χ4v) is 2.33. The Morgan fingerprint density at radius 3 is 2.70 bits per heavy atom. The van der Waals surface area contributed by atoms with Gasteiger partial charge in [-0.2, -0.15) is 0 Å². The molecule has 1 aliphatic rings. The third-order valence-electron chi connectivity index (χ3n) is 3.95. The van der Waals surface area contributed by atoms with Crippen molar-refractivity contribution in [2.45, 2.75) is 45.1 Å². The molecule has 1 aliphatic heterocycles. The summed E-state index contributed by atoms with van der Waals surface area (Å²) in [5.41, 5.74) is 0.779. The van der Waals surface area contributed by atoms with Gasteiger partial charge in [0.25, 0.3) is 0 Å². The van der Waals surface area contributed by atoms with Crippen LogP contribution in [0.15, 0.2) is 30.3 Å². The van der Waals surface area contributed by atoms with E-state index in [-0.39, 0.29) is 17.7 Å². The molecule has 0 radical (unpaired) electrons. The average Bonchev–Trinajstić information content (AvgIpc) is 2.70. The monoisotopic (exact) mass is 277 g/mol. The smallest absolute Gasteiger partial charge is 0.306 e. The van der Waals surface area contributed by atoms with Crippen LogP contribution in [0.4, 0.5) is 0 Å². The summed E-state index contributed by atoms with van der Waals surface area (Å²) in [6, 6.07) is 10.0. The molecule has 1 fully saturated rings. The van der Waals surface area contributed by atoms with E-state index in [9.17, 15) is 4.79 Å². The maximum Gasteiger partial charge on any atom is 0.306 e. The molecule has 0 N–H and O–H groups in total. The highest BCUT2D eigenvalue weighted by Crippen LogP contribution is 2.27. The largest absolute Gasteiger partial charge is 0.461 e. The number of carbonyl (C=O) groups excluding carboxylic acids is 1. The number of rotatable bonds is 5. The van der Waals surface area contributed by atoms with E-state index < -0.39 is 0 Å². The first-order chi connectivity index (χ1) is 9.49. The van der Waals surface area contributed by atoms with Gasteiger partial charge in [0, 0.05) is 12.5 Å². The van der Waals surface area contributed by atoms with E-state index in [4.69, 9.17) is 9.47 Å². The fraction of sp³-hybridized carbons (Fsp3) is 0.562. The molecule has 1 saturated heterocycles. The molecule has 0 bridgehead atoms. The van der Waals surface area contributed by atoms with Crippen molar-refractivity contribution in [2.75, 3.05) is 13.7 Å². The van der Waals surface area contributed by atoms with Crippen LogP contribution < -0.4 is 0 Å². The van der Waals surface area contributed by atoms with Gasteiger partial charge in [-0.1, -0.05) is 30.3 Å². The van der Waals surface area contributed by atoms with Crippen molar-refractivity contribution in [1.29, 1.82) is 0 Å². The maximum atomic E-state index is 11.8. The molecule has 20 heavy (non-hydrogen) atoms. The molecule has 1 heterocycles. The SMILES string of the molecule is CN1[C@@H](CCC(=O)OCc2ccccc2)COC1(C)C. The molecule has 4 nitrogen and oxygen atoms in total. The van der Waals surface area contributed by atoms with Crippen molar-refractivity contribution in [3.63, 3.8) is 0 Å². The molecule has 1 atom stereocenters. The first-order valence-corrected chi connectivity index (χ1v) is 7.05. The zero-order chi connectivity index (χ0) is 14.6. The molecule has 0 aromatic heterocycles. The molecule has 4 heteroatoms. The van der Waals surface area contributed by atoms with Crippen LogP contribution in [0.3, 0.4) is 0 Å². The highest BCUT2D eigenvalue weighted by Gasteiger charge is 2.37. The Kier molecular flexibility index (Phi) is 4.78. The summed E-state index contributed by atoms with van der Waals surface area (Å²) in [5.74, 6) is -0.146. The number of benzene rings is 1. The first kappa shape index (κ1) is 15.0. The third kappa shape index (κ3) is 3.81. The summed E-state index contributed by atoms with van der Waals surface area (Å²) >= 11 is 0. The summed E-state index contributed by atoms with van der Waals surface area (Å²) in [4.78, 5) is 13.9. The molecular weight excluding hydrogens is 254 g/mol. The van der Waals surface area contributed by atoms with E-state index in [0.29, 0.717) is 19.6 Å². The number of hydrogen-bond acceptors (Lipinski definition) is 4. The number of likely N-dealkylation sites (N-methyl/N-ethyl adjacent to an activating group) is 1. The average molecular weight is 277 g/mol. The van der Waals surface area contributed by atoms with E-state index in [1.54, 1.807) is 0 Å². The molecule has 110 valence electrons. The molecular formula is C16H23NO3. The Morgan fingerprint density at radius 1 is 1.40 bits per heavy atom. The molecule has 2 rings (SSSR count). The molecule has 0 saturated carbocycles. The summed E-state index contributed by atoms with van der Waals surface area (Å²) in [7, 11) is 2.03. The Balaban J connectivity index is 1.71. The number of hydrogen-bond donors (Lipinski definition) is 0. The van der Waals surface area contributed by atoms with Gasteiger partial charge >= 0.3 is 5.97 Å². The van der Waals surface area contributed by atoms with E-state index in [1.807, 2.05) is 51.2 Å². The number of nitrogens with zero attached hydrogens (tertiary/aromatic N) is 1. The molecule has 1 aromatic carbocycles. The minimum Gasteiger partial charge on any atom is -0.461 e. The van der Waals surface area contributed by atoms with Crippen LogP contribution in [0.5, 0.6) is 0 Å². The second-order valence-corrected chi connectivity index (χ2v) is 5.71. The number of ether oxygens (including phenoxy) is 2. The topological polar surface area (TPSA) is 38.8 Å². The number of carbonyl (C=O) groups is 1. The normalized spacial score (nSPS) is 21.9. The van der Waals surface area contributed by atoms with Crippen molar-refractivity contribution in [1.82, 2.24) is 4.90 Å². The lowest BCUT2D eigenvalue weighted by atomic mass is 10.1. The van der Waals surface area contributed by atoms with Gasteiger partial charge in [0.05, 0.1) is 6.61 Å². The molecule has 1 aromatic rings. The third-order valence-corrected chi connectivity index (χ3v) is 3.95. The lowest BCUT2D eigenvalue weighted by Crippen LogP contribution is -2.40. The van der Waals surface area contributed by atoms with Gasteiger partial charge < -0.3 is 9.47 Å². The Hall–Kier alpha value is -1.39. The van der Waals surface area contributed by atoms with Gasteiger partial charge in [-0.05, 0) is 32.9 Å². The molecule has 0 spiro atoms. The first-order valence-electron chi connectivity index (χ1n) is 7.05. The van der Waals surface area contributed by atoms with Crippen molar-refractivity contribution >= 4 is 5.97 Å². The summed E-state index contributed by atoms with van der Waals surface area (Å²) in [5, 5.41) is 0. The van der Waals surface area contributed by atoms with E-state index in [1.165, 1.54) is 0 Å². The molecule has 0 amide bonds. The second kappa shape index (κ2) is 6.37. The van der Waals surface area contributed by atoms with Gasteiger partial charge in [0.15, 0.2) is 0 Å². The summed E-state index contributed by atoms with van der Waals surface area (Å²) < 4.78 is 11.0. The predicted octanol–water partition coefficient (Wildman–Crippen LogP) is 2.58. The van der Waals surface area contributed by atoms with Crippen LogP contribution >= 0.6 is 0 Å². The van der Waals surface area contributed by atoms with Crippen LogP contribution in [0.1, 0.15) is 32.3 Å². The maximum absolute atomic E-state index is 11.8. The quantitative estimate of drug-likeness (QED) is 0.775. The second-order valence-electron chi connectivity index (χ2n) is 5.71. The van der Waals surface area contributed by atoms with Gasteiger partial charge in [-0.3, -0.25) is 9.69 Å². The van der Waals surface area contributed by atoms with Crippen LogP contribution in [-0.4, -0.2) is 36.3 Å². The van der Waals surface area contributed by atoms with Crippen molar-refractivity contribution in [3.8, 4) is 0 Å². The van der Waals surface area contributed by atoms with Gasteiger partial charge in [0.2, 0.25) is 0 Å². The van der Waals surface area contributed by atoms with Crippen molar-refractivity contribution in [2.24, 2.45) is 0 Å². The Morgan fingerprint density at radius 2 is 2.10 bits per heavy atom. The van der Waals surface area contributed by atoms with E-state index >= 15 is 0 Å². The Labute approximate surface area is 120 Å². The molecule has 0 unspecified atom stereocenters. The van der Waals surface area contributed by atoms with Gasteiger partial charge in [-0.25, -0.2) is 0 Å². The molecule has 0 aliphatic carbocycles. The predicted molar refractivity (Wildman–Crippen MR) is 77.1 cm³/mol. The number of esters is 1. The minimum atomic E-state index is -0.237. The lowest BCUT2D eigenvalue weighted by molar-refractivity contribution is -0.145. The zero-order valence-corrected chi connectivity index (χ0v) is 12.5.